The number of rotatable bonds is 3. The Balaban J connectivity index is 2.12. The van der Waals surface area contributed by atoms with Gasteiger partial charge in [-0.15, -0.1) is 0 Å². The molecule has 5 heteroatoms. The zero-order chi connectivity index (χ0) is 9.26. The molecule has 1 fully saturated rings. The quantitative estimate of drug-likeness (QED) is 0.723. The summed E-state index contributed by atoms with van der Waals surface area (Å²) in [6, 6.07) is 1.33. The summed E-state index contributed by atoms with van der Waals surface area (Å²) in [6.07, 6.45) is 3.52. The van der Waals surface area contributed by atoms with Crippen molar-refractivity contribution in [1.82, 2.24) is 9.97 Å². The van der Waals surface area contributed by atoms with Crippen LogP contribution in [0.25, 0.3) is 0 Å². The monoisotopic (exact) mass is 186 g/mol. The van der Waals surface area contributed by atoms with E-state index >= 15 is 0 Å². The molecule has 0 amide bonds. The molecular weight excluding hydrogens is 178 g/mol. The van der Waals surface area contributed by atoms with Crippen molar-refractivity contribution in [1.29, 1.82) is 0 Å². The van der Waals surface area contributed by atoms with E-state index in [1.54, 1.807) is 0 Å². The fraction of sp³-hybridized carbons (Fsp3) is 0.500. The van der Waals surface area contributed by atoms with Crippen LogP contribution in [-0.2, 0) is 0 Å². The Labute approximate surface area is 73.8 Å². The lowest BCUT2D eigenvalue weighted by atomic mass is 10.4. The lowest BCUT2D eigenvalue weighted by Crippen LogP contribution is -2.05. The van der Waals surface area contributed by atoms with Crippen LogP contribution in [0.4, 0.5) is 8.78 Å². The summed E-state index contributed by atoms with van der Waals surface area (Å²) < 4.78 is 27.7. The lowest BCUT2D eigenvalue weighted by molar-refractivity contribution is -0.0530. The van der Waals surface area contributed by atoms with Gasteiger partial charge >= 0.3 is 6.61 Å². The SMILES string of the molecule is FC(F)Oc1ccnc(C2CC2)n1. The second-order valence-corrected chi connectivity index (χ2v) is 2.91. The third kappa shape index (κ3) is 2.11. The van der Waals surface area contributed by atoms with Gasteiger partial charge in [0.2, 0.25) is 5.88 Å². The molecule has 3 nitrogen and oxygen atoms in total. The van der Waals surface area contributed by atoms with Crippen LogP contribution in [0.2, 0.25) is 0 Å². The van der Waals surface area contributed by atoms with Crippen LogP contribution < -0.4 is 4.74 Å². The van der Waals surface area contributed by atoms with Crippen LogP contribution in [0.3, 0.4) is 0 Å². The Morgan fingerprint density at radius 2 is 2.23 bits per heavy atom. The van der Waals surface area contributed by atoms with Gasteiger partial charge in [-0.2, -0.15) is 13.8 Å². The minimum absolute atomic E-state index is 0.0492. The fourth-order valence-corrected chi connectivity index (χ4v) is 1.05. The summed E-state index contributed by atoms with van der Waals surface area (Å²) in [5.74, 6) is 0.909. The molecule has 1 heterocycles. The molecule has 1 aliphatic carbocycles. The van der Waals surface area contributed by atoms with Gasteiger partial charge in [-0.1, -0.05) is 0 Å². The number of nitrogens with zero attached hydrogens (tertiary/aromatic N) is 2. The molecule has 0 N–H and O–H groups in total. The number of aromatic nitrogens is 2. The van der Waals surface area contributed by atoms with Gasteiger partial charge in [-0.3, -0.25) is 0 Å². The third-order valence-corrected chi connectivity index (χ3v) is 1.80. The number of hydrogen-bond donors (Lipinski definition) is 0. The van der Waals surface area contributed by atoms with Gasteiger partial charge in [-0.05, 0) is 12.8 Å². The molecule has 2 rings (SSSR count). The van der Waals surface area contributed by atoms with Gasteiger partial charge in [0.05, 0.1) is 0 Å². The number of alkyl halides is 2. The standard InChI is InChI=1S/C8H8F2N2O/c9-8(10)13-6-3-4-11-7(12-6)5-1-2-5/h3-5,8H,1-2H2. The predicted molar refractivity (Wildman–Crippen MR) is 40.6 cm³/mol. The Kier molecular flexibility index (Phi) is 2.08. The smallest absolute Gasteiger partial charge is 0.388 e. The van der Waals surface area contributed by atoms with Crippen LogP contribution in [0.1, 0.15) is 24.6 Å². The minimum atomic E-state index is -2.82. The van der Waals surface area contributed by atoms with E-state index in [2.05, 4.69) is 14.7 Å². The van der Waals surface area contributed by atoms with Crippen LogP contribution in [-0.4, -0.2) is 16.6 Å². The van der Waals surface area contributed by atoms with E-state index in [4.69, 9.17) is 0 Å². The van der Waals surface area contributed by atoms with E-state index in [9.17, 15) is 8.78 Å². The van der Waals surface area contributed by atoms with E-state index in [1.165, 1.54) is 12.3 Å². The summed E-state index contributed by atoms with van der Waals surface area (Å²) in [5, 5.41) is 0. The summed E-state index contributed by atoms with van der Waals surface area (Å²) in [4.78, 5) is 7.83. The fourth-order valence-electron chi connectivity index (χ4n) is 1.05. The molecule has 1 aromatic rings. The van der Waals surface area contributed by atoms with E-state index in [1.807, 2.05) is 0 Å². The van der Waals surface area contributed by atoms with Gasteiger partial charge in [-0.25, -0.2) is 4.98 Å². The third-order valence-electron chi connectivity index (χ3n) is 1.80. The van der Waals surface area contributed by atoms with E-state index in [0.29, 0.717) is 11.7 Å². The highest BCUT2D eigenvalue weighted by Gasteiger charge is 2.26. The molecule has 0 radical (unpaired) electrons. The second-order valence-electron chi connectivity index (χ2n) is 2.91. The highest BCUT2D eigenvalue weighted by molar-refractivity contribution is 5.13. The Bertz CT molecular complexity index is 302. The molecule has 0 spiro atoms. The van der Waals surface area contributed by atoms with Gasteiger partial charge < -0.3 is 4.74 Å². The van der Waals surface area contributed by atoms with E-state index in [-0.39, 0.29) is 5.88 Å². The predicted octanol–water partition coefficient (Wildman–Crippen LogP) is 1.96. The maximum absolute atomic E-state index is 11.8. The highest BCUT2D eigenvalue weighted by Crippen LogP contribution is 2.38. The second kappa shape index (κ2) is 3.24. The molecule has 1 saturated carbocycles. The average molecular weight is 186 g/mol. The number of ether oxygens (including phenoxy) is 1. The van der Waals surface area contributed by atoms with Crippen molar-refractivity contribution >= 4 is 0 Å². The van der Waals surface area contributed by atoms with Crippen molar-refractivity contribution in [3.63, 3.8) is 0 Å². The first kappa shape index (κ1) is 8.34. The van der Waals surface area contributed by atoms with Crippen molar-refractivity contribution in [2.45, 2.75) is 25.4 Å². The van der Waals surface area contributed by atoms with Crippen LogP contribution in [0.15, 0.2) is 12.3 Å². The Hall–Kier alpha value is -1.26. The first-order valence-corrected chi connectivity index (χ1v) is 4.03. The topological polar surface area (TPSA) is 35.0 Å². The molecule has 0 unspecified atom stereocenters. The highest BCUT2D eigenvalue weighted by atomic mass is 19.3. The normalized spacial score (nSPS) is 16.2. The first-order valence-electron chi connectivity index (χ1n) is 4.03. The molecule has 70 valence electrons. The molecule has 0 aromatic carbocycles. The maximum atomic E-state index is 11.8. The van der Waals surface area contributed by atoms with E-state index < -0.39 is 6.61 Å². The molecule has 1 aliphatic rings. The van der Waals surface area contributed by atoms with E-state index in [0.717, 1.165) is 12.8 Å². The van der Waals surface area contributed by atoms with Crippen molar-refractivity contribution < 1.29 is 13.5 Å². The molecule has 0 bridgehead atoms. The van der Waals surface area contributed by atoms with Crippen LogP contribution >= 0.6 is 0 Å². The zero-order valence-electron chi connectivity index (χ0n) is 6.78. The van der Waals surface area contributed by atoms with Crippen molar-refractivity contribution in [2.75, 3.05) is 0 Å². The summed E-state index contributed by atoms with van der Waals surface area (Å²) >= 11 is 0. The number of halogens is 2. The zero-order valence-corrected chi connectivity index (χ0v) is 6.78. The van der Waals surface area contributed by atoms with Gasteiger partial charge in [0, 0.05) is 18.2 Å². The van der Waals surface area contributed by atoms with Gasteiger partial charge in [0.15, 0.2) is 0 Å². The molecule has 13 heavy (non-hydrogen) atoms. The molecule has 1 aromatic heterocycles. The molecule has 0 aliphatic heterocycles. The lowest BCUT2D eigenvalue weighted by Gasteiger charge is -2.03. The largest absolute Gasteiger partial charge is 0.417 e. The Morgan fingerprint density at radius 3 is 2.85 bits per heavy atom. The van der Waals surface area contributed by atoms with Crippen molar-refractivity contribution in [3.05, 3.63) is 18.1 Å². The Morgan fingerprint density at radius 1 is 1.46 bits per heavy atom. The maximum Gasteiger partial charge on any atom is 0.388 e. The van der Waals surface area contributed by atoms with Crippen molar-refractivity contribution in [2.24, 2.45) is 0 Å². The molecular formula is C8H8F2N2O. The molecule has 0 saturated heterocycles. The van der Waals surface area contributed by atoms with Crippen LogP contribution in [0.5, 0.6) is 5.88 Å². The molecule has 0 atom stereocenters. The minimum Gasteiger partial charge on any atom is -0.417 e. The first-order chi connectivity index (χ1) is 6.25. The summed E-state index contributed by atoms with van der Waals surface area (Å²) in [6.45, 7) is -2.82. The van der Waals surface area contributed by atoms with Gasteiger partial charge in [0.1, 0.15) is 5.82 Å². The van der Waals surface area contributed by atoms with Crippen molar-refractivity contribution in [3.8, 4) is 5.88 Å². The van der Waals surface area contributed by atoms with Crippen LogP contribution in [0, 0.1) is 0 Å². The average Bonchev–Trinajstić information content (AvgIpc) is 2.85. The van der Waals surface area contributed by atoms with Gasteiger partial charge in [0.25, 0.3) is 0 Å². The summed E-state index contributed by atoms with van der Waals surface area (Å²) in [7, 11) is 0. The number of hydrogen-bond acceptors (Lipinski definition) is 3. The summed E-state index contributed by atoms with van der Waals surface area (Å²) in [5.41, 5.74) is 0.